The fraction of sp³-hybridized carbons (Fsp3) is 0.526. The van der Waals surface area contributed by atoms with Crippen LogP contribution in [0.1, 0.15) is 48.4 Å². The minimum absolute atomic E-state index is 0.0373. The minimum atomic E-state index is -0.111. The Balaban J connectivity index is 1.46. The van der Waals surface area contributed by atoms with Crippen molar-refractivity contribution in [3.63, 3.8) is 0 Å². The van der Waals surface area contributed by atoms with Gasteiger partial charge in [-0.05, 0) is 12.1 Å². The number of piperazine rings is 1. The van der Waals surface area contributed by atoms with Crippen molar-refractivity contribution in [2.45, 2.75) is 39.0 Å². The monoisotopic (exact) mass is 375 g/mol. The van der Waals surface area contributed by atoms with Crippen LogP contribution in [0.5, 0.6) is 0 Å². The number of aromatic nitrogens is 1. The molecule has 1 aliphatic rings. The van der Waals surface area contributed by atoms with Crippen molar-refractivity contribution in [2.24, 2.45) is 0 Å². The van der Waals surface area contributed by atoms with Crippen LogP contribution in [-0.4, -0.2) is 52.8 Å². The molecule has 0 atom stereocenters. The van der Waals surface area contributed by atoms with Crippen molar-refractivity contribution in [3.8, 4) is 0 Å². The molecule has 2 aromatic heterocycles. The van der Waals surface area contributed by atoms with Crippen molar-refractivity contribution >= 4 is 23.2 Å². The van der Waals surface area contributed by atoms with Crippen LogP contribution in [0.25, 0.3) is 0 Å². The van der Waals surface area contributed by atoms with Gasteiger partial charge in [-0.2, -0.15) is 0 Å². The average Bonchev–Trinajstić information content (AvgIpc) is 3.30. The highest BCUT2D eigenvalue weighted by atomic mass is 32.1. The number of nitrogens with zero attached hydrogens (tertiary/aromatic N) is 3. The van der Waals surface area contributed by atoms with Gasteiger partial charge in [-0.3, -0.25) is 9.59 Å². The van der Waals surface area contributed by atoms with Crippen molar-refractivity contribution < 1.29 is 14.0 Å². The van der Waals surface area contributed by atoms with Crippen LogP contribution in [0, 0.1) is 0 Å². The van der Waals surface area contributed by atoms with Gasteiger partial charge in [0.25, 0.3) is 5.91 Å². The maximum Gasteiger partial charge on any atom is 0.289 e. The largest absolute Gasteiger partial charge is 0.459 e. The van der Waals surface area contributed by atoms with Crippen molar-refractivity contribution in [2.75, 3.05) is 26.2 Å². The summed E-state index contributed by atoms with van der Waals surface area (Å²) in [5.41, 5.74) is 1.12. The molecule has 0 radical (unpaired) electrons. The molecule has 0 bridgehead atoms. The third kappa shape index (κ3) is 4.33. The predicted molar refractivity (Wildman–Crippen MR) is 100 cm³/mol. The molecule has 6 nitrogen and oxygen atoms in total. The van der Waals surface area contributed by atoms with E-state index in [-0.39, 0.29) is 17.2 Å². The van der Waals surface area contributed by atoms with Gasteiger partial charge in [0.1, 0.15) is 0 Å². The maximum absolute atomic E-state index is 12.5. The second kappa shape index (κ2) is 7.61. The molecular weight excluding hydrogens is 350 g/mol. The standard InChI is InChI=1S/C19H25N3O3S/c1-19(2,3)15-13-26-16(20-15)6-7-17(23)21-8-10-22(11-9-21)18(24)14-5-4-12-25-14/h4-5,12-13H,6-11H2,1-3H3. The molecule has 1 fully saturated rings. The van der Waals surface area contributed by atoms with Gasteiger partial charge in [0.05, 0.1) is 17.0 Å². The predicted octanol–water partition coefficient (Wildman–Crippen LogP) is 2.95. The van der Waals surface area contributed by atoms with Gasteiger partial charge in [-0.25, -0.2) is 4.98 Å². The number of aryl methyl sites for hydroxylation is 1. The van der Waals surface area contributed by atoms with Crippen LogP contribution in [-0.2, 0) is 16.6 Å². The Morgan fingerprint density at radius 3 is 2.46 bits per heavy atom. The number of carbonyl (C=O) groups is 2. The number of amides is 2. The van der Waals surface area contributed by atoms with E-state index in [2.05, 4.69) is 31.1 Å². The van der Waals surface area contributed by atoms with E-state index in [1.54, 1.807) is 28.4 Å². The Bertz CT molecular complexity index is 753. The van der Waals surface area contributed by atoms with Crippen molar-refractivity contribution in [1.82, 2.24) is 14.8 Å². The number of hydrogen-bond acceptors (Lipinski definition) is 5. The Labute approximate surface area is 157 Å². The van der Waals surface area contributed by atoms with E-state index < -0.39 is 0 Å². The van der Waals surface area contributed by atoms with Crippen molar-refractivity contribution in [1.29, 1.82) is 0 Å². The summed E-state index contributed by atoms with van der Waals surface area (Å²) in [5, 5.41) is 3.09. The highest BCUT2D eigenvalue weighted by Gasteiger charge is 2.26. The molecule has 0 aliphatic carbocycles. The molecule has 0 aromatic carbocycles. The Kier molecular flexibility index (Phi) is 5.46. The number of furan rings is 1. The fourth-order valence-corrected chi connectivity index (χ4v) is 3.88. The Hall–Kier alpha value is -2.15. The van der Waals surface area contributed by atoms with Crippen molar-refractivity contribution in [3.05, 3.63) is 40.2 Å². The summed E-state index contributed by atoms with van der Waals surface area (Å²) in [7, 11) is 0. The first-order chi connectivity index (χ1) is 12.3. The van der Waals surface area contributed by atoms with Crippen LogP contribution in [0.2, 0.25) is 0 Å². The summed E-state index contributed by atoms with van der Waals surface area (Å²) >= 11 is 1.62. The highest BCUT2D eigenvalue weighted by molar-refractivity contribution is 7.09. The van der Waals surface area contributed by atoms with Gasteiger partial charge < -0.3 is 14.2 Å². The minimum Gasteiger partial charge on any atom is -0.459 e. The lowest BCUT2D eigenvalue weighted by molar-refractivity contribution is -0.132. The van der Waals surface area contributed by atoms with E-state index in [1.807, 2.05) is 4.90 Å². The van der Waals surface area contributed by atoms with E-state index >= 15 is 0 Å². The normalized spacial score (nSPS) is 15.3. The molecule has 7 heteroatoms. The second-order valence-electron chi connectivity index (χ2n) is 7.53. The molecule has 140 valence electrons. The molecule has 0 saturated carbocycles. The third-order valence-corrected chi connectivity index (χ3v) is 5.43. The number of thiazole rings is 1. The van der Waals surface area contributed by atoms with Gasteiger partial charge in [0.2, 0.25) is 5.91 Å². The molecule has 26 heavy (non-hydrogen) atoms. The van der Waals surface area contributed by atoms with E-state index in [1.165, 1.54) is 6.26 Å². The maximum atomic E-state index is 12.5. The van der Waals surface area contributed by atoms with E-state index in [0.29, 0.717) is 44.8 Å². The molecule has 0 N–H and O–H groups in total. The third-order valence-electron chi connectivity index (χ3n) is 4.52. The zero-order valence-electron chi connectivity index (χ0n) is 15.5. The summed E-state index contributed by atoms with van der Waals surface area (Å²) in [5.74, 6) is 0.366. The van der Waals surface area contributed by atoms with E-state index in [4.69, 9.17) is 4.42 Å². The zero-order chi connectivity index (χ0) is 18.7. The molecule has 0 spiro atoms. The SMILES string of the molecule is CC(C)(C)c1csc(CCC(=O)N2CCN(C(=O)c3ccco3)CC2)n1. The van der Waals surface area contributed by atoms with Crippen LogP contribution < -0.4 is 0 Å². The first-order valence-corrected chi connectivity index (χ1v) is 9.78. The molecule has 1 saturated heterocycles. The second-order valence-corrected chi connectivity index (χ2v) is 8.47. The first kappa shape index (κ1) is 18.6. The lowest BCUT2D eigenvalue weighted by Crippen LogP contribution is -2.50. The first-order valence-electron chi connectivity index (χ1n) is 8.90. The summed E-state index contributed by atoms with van der Waals surface area (Å²) in [6.45, 7) is 8.63. The van der Waals surface area contributed by atoms with Crippen LogP contribution in [0.4, 0.5) is 0 Å². The lowest BCUT2D eigenvalue weighted by Gasteiger charge is -2.34. The Morgan fingerprint density at radius 1 is 1.19 bits per heavy atom. The van der Waals surface area contributed by atoms with Crippen LogP contribution >= 0.6 is 11.3 Å². The summed E-state index contributed by atoms with van der Waals surface area (Å²) in [4.78, 5) is 32.9. The van der Waals surface area contributed by atoms with Gasteiger partial charge in [0.15, 0.2) is 5.76 Å². The molecule has 1 aliphatic heterocycles. The fourth-order valence-electron chi connectivity index (χ4n) is 2.86. The molecular formula is C19H25N3O3S. The average molecular weight is 375 g/mol. The molecule has 2 amide bonds. The number of rotatable bonds is 4. The summed E-state index contributed by atoms with van der Waals surface area (Å²) < 4.78 is 5.16. The topological polar surface area (TPSA) is 66.7 Å². The van der Waals surface area contributed by atoms with Crippen LogP contribution in [0.3, 0.4) is 0 Å². The quantitative estimate of drug-likeness (QED) is 0.824. The molecule has 3 rings (SSSR count). The highest BCUT2D eigenvalue weighted by Crippen LogP contribution is 2.24. The summed E-state index contributed by atoms with van der Waals surface area (Å²) in [6, 6.07) is 3.37. The number of carbonyl (C=O) groups excluding carboxylic acids is 2. The van der Waals surface area contributed by atoms with Gasteiger partial charge in [0, 0.05) is 49.8 Å². The van der Waals surface area contributed by atoms with Crippen LogP contribution in [0.15, 0.2) is 28.2 Å². The van der Waals surface area contributed by atoms with E-state index in [9.17, 15) is 9.59 Å². The Morgan fingerprint density at radius 2 is 1.88 bits per heavy atom. The molecule has 0 unspecified atom stereocenters. The van der Waals surface area contributed by atoms with Gasteiger partial charge in [-0.15, -0.1) is 11.3 Å². The van der Waals surface area contributed by atoms with Gasteiger partial charge in [-0.1, -0.05) is 20.8 Å². The summed E-state index contributed by atoms with van der Waals surface area (Å²) in [6.07, 6.45) is 2.63. The zero-order valence-corrected chi connectivity index (χ0v) is 16.3. The van der Waals surface area contributed by atoms with Gasteiger partial charge >= 0.3 is 0 Å². The smallest absolute Gasteiger partial charge is 0.289 e. The lowest BCUT2D eigenvalue weighted by atomic mass is 9.93. The van der Waals surface area contributed by atoms with E-state index in [0.717, 1.165) is 10.7 Å². The number of hydrogen-bond donors (Lipinski definition) is 0. The molecule has 3 heterocycles. The molecule has 2 aromatic rings.